The Morgan fingerprint density at radius 2 is 2.46 bits per heavy atom. The molecule has 0 spiro atoms. The molecule has 1 aliphatic rings. The standard InChI is InChI=1S/C8H18N2O2S/c1-10-3-4-12-8(6-10)7-13(11)5-2-9/h8H,2-7,9H2,1H3. The molecule has 2 atom stereocenters. The third-order valence-corrected chi connectivity index (χ3v) is 3.49. The minimum absolute atomic E-state index is 0.131. The molecule has 2 unspecified atom stereocenters. The maximum atomic E-state index is 11.4. The van der Waals surface area contributed by atoms with Crippen molar-refractivity contribution in [3.05, 3.63) is 0 Å². The summed E-state index contributed by atoms with van der Waals surface area (Å²) in [6.45, 7) is 3.10. The highest BCUT2D eigenvalue weighted by Gasteiger charge is 2.19. The molecule has 1 aliphatic heterocycles. The molecule has 0 amide bonds. The van der Waals surface area contributed by atoms with E-state index in [9.17, 15) is 4.21 Å². The zero-order chi connectivity index (χ0) is 9.68. The van der Waals surface area contributed by atoms with Crippen molar-refractivity contribution in [1.29, 1.82) is 0 Å². The Morgan fingerprint density at radius 3 is 3.08 bits per heavy atom. The van der Waals surface area contributed by atoms with E-state index in [2.05, 4.69) is 11.9 Å². The van der Waals surface area contributed by atoms with Crippen LogP contribution in [0.4, 0.5) is 0 Å². The minimum Gasteiger partial charge on any atom is -0.375 e. The van der Waals surface area contributed by atoms with Crippen LogP contribution in [0, 0.1) is 0 Å². The number of nitrogens with zero attached hydrogens (tertiary/aromatic N) is 1. The maximum Gasteiger partial charge on any atom is 0.0817 e. The molecule has 0 aromatic rings. The second-order valence-electron chi connectivity index (χ2n) is 3.35. The molecular weight excluding hydrogens is 188 g/mol. The van der Waals surface area contributed by atoms with E-state index < -0.39 is 10.8 Å². The van der Waals surface area contributed by atoms with Gasteiger partial charge in [-0.05, 0) is 7.05 Å². The first-order valence-corrected chi connectivity index (χ1v) is 6.06. The van der Waals surface area contributed by atoms with Gasteiger partial charge in [0.25, 0.3) is 0 Å². The van der Waals surface area contributed by atoms with Crippen LogP contribution in [0.2, 0.25) is 0 Å². The fraction of sp³-hybridized carbons (Fsp3) is 1.00. The zero-order valence-electron chi connectivity index (χ0n) is 8.07. The van der Waals surface area contributed by atoms with E-state index in [0.717, 1.165) is 19.7 Å². The van der Waals surface area contributed by atoms with Crippen LogP contribution < -0.4 is 5.73 Å². The van der Waals surface area contributed by atoms with E-state index in [-0.39, 0.29) is 6.10 Å². The van der Waals surface area contributed by atoms with Crippen molar-refractivity contribution in [3.63, 3.8) is 0 Å². The first-order valence-electron chi connectivity index (χ1n) is 4.57. The molecule has 0 aromatic heterocycles. The fourth-order valence-corrected chi connectivity index (χ4v) is 2.44. The molecule has 2 N–H and O–H groups in total. The van der Waals surface area contributed by atoms with Gasteiger partial charge in [0.05, 0.1) is 18.5 Å². The number of hydrogen-bond donors (Lipinski definition) is 1. The SMILES string of the molecule is CN1CCOC(CS(=O)CCN)C1. The first-order chi connectivity index (χ1) is 6.22. The normalized spacial score (nSPS) is 27.4. The summed E-state index contributed by atoms with van der Waals surface area (Å²) in [6, 6.07) is 0. The van der Waals surface area contributed by atoms with Crippen molar-refractivity contribution in [2.45, 2.75) is 6.10 Å². The molecule has 78 valence electrons. The van der Waals surface area contributed by atoms with Gasteiger partial charge in [0.2, 0.25) is 0 Å². The van der Waals surface area contributed by atoms with Crippen LogP contribution in [-0.4, -0.2) is 60.0 Å². The third-order valence-electron chi connectivity index (χ3n) is 2.06. The van der Waals surface area contributed by atoms with Crippen LogP contribution in [0.5, 0.6) is 0 Å². The number of morpholine rings is 1. The van der Waals surface area contributed by atoms with Gasteiger partial charge in [-0.3, -0.25) is 4.21 Å². The third kappa shape index (κ3) is 4.17. The molecule has 13 heavy (non-hydrogen) atoms. The average molecular weight is 206 g/mol. The summed E-state index contributed by atoms with van der Waals surface area (Å²) < 4.78 is 16.8. The topological polar surface area (TPSA) is 55.6 Å². The molecule has 1 rings (SSSR count). The first kappa shape index (κ1) is 11.1. The molecule has 1 heterocycles. The molecule has 0 radical (unpaired) electrons. The van der Waals surface area contributed by atoms with Gasteiger partial charge in [-0.25, -0.2) is 0 Å². The lowest BCUT2D eigenvalue weighted by Crippen LogP contribution is -2.42. The van der Waals surface area contributed by atoms with Crippen LogP contribution in [0.25, 0.3) is 0 Å². The molecule has 5 heteroatoms. The minimum atomic E-state index is -0.809. The van der Waals surface area contributed by atoms with Crippen molar-refractivity contribution < 1.29 is 8.95 Å². The van der Waals surface area contributed by atoms with E-state index in [1.807, 2.05) is 0 Å². The summed E-state index contributed by atoms with van der Waals surface area (Å²) in [5.41, 5.74) is 5.32. The lowest BCUT2D eigenvalue weighted by molar-refractivity contribution is -0.00639. The predicted molar refractivity (Wildman–Crippen MR) is 54.2 cm³/mol. The van der Waals surface area contributed by atoms with Crippen molar-refractivity contribution in [2.24, 2.45) is 5.73 Å². The van der Waals surface area contributed by atoms with Crippen molar-refractivity contribution in [1.82, 2.24) is 4.90 Å². The van der Waals surface area contributed by atoms with Crippen molar-refractivity contribution >= 4 is 10.8 Å². The average Bonchev–Trinajstić information content (AvgIpc) is 2.04. The zero-order valence-corrected chi connectivity index (χ0v) is 8.89. The van der Waals surface area contributed by atoms with E-state index in [1.54, 1.807) is 0 Å². The Bertz CT molecular complexity index is 178. The lowest BCUT2D eigenvalue weighted by Gasteiger charge is -2.29. The van der Waals surface area contributed by atoms with Crippen LogP contribution in [0.3, 0.4) is 0 Å². The molecule has 1 fully saturated rings. The van der Waals surface area contributed by atoms with Gasteiger partial charge in [0.1, 0.15) is 0 Å². The number of likely N-dealkylation sites (N-methyl/N-ethyl adjacent to an activating group) is 1. The summed E-state index contributed by atoms with van der Waals surface area (Å²) in [5, 5.41) is 0. The monoisotopic (exact) mass is 206 g/mol. The quantitative estimate of drug-likeness (QED) is 0.643. The van der Waals surface area contributed by atoms with Crippen LogP contribution in [0.1, 0.15) is 0 Å². The largest absolute Gasteiger partial charge is 0.375 e. The summed E-state index contributed by atoms with van der Waals surface area (Å²) in [7, 11) is 1.25. The van der Waals surface area contributed by atoms with E-state index in [4.69, 9.17) is 10.5 Å². The van der Waals surface area contributed by atoms with Gasteiger partial charge < -0.3 is 15.4 Å². The van der Waals surface area contributed by atoms with E-state index >= 15 is 0 Å². The van der Waals surface area contributed by atoms with Gasteiger partial charge in [0, 0.05) is 36.2 Å². The Balaban J connectivity index is 2.23. The Morgan fingerprint density at radius 1 is 1.69 bits per heavy atom. The summed E-state index contributed by atoms with van der Waals surface area (Å²) in [4.78, 5) is 2.20. The Hall–Kier alpha value is 0.0300. The molecule has 0 aliphatic carbocycles. The van der Waals surface area contributed by atoms with Crippen LogP contribution >= 0.6 is 0 Å². The summed E-state index contributed by atoms with van der Waals surface area (Å²) >= 11 is 0. The molecule has 1 saturated heterocycles. The van der Waals surface area contributed by atoms with E-state index in [0.29, 0.717) is 18.1 Å². The van der Waals surface area contributed by atoms with Gasteiger partial charge >= 0.3 is 0 Å². The van der Waals surface area contributed by atoms with Crippen molar-refractivity contribution in [2.75, 3.05) is 44.8 Å². The highest BCUT2D eigenvalue weighted by molar-refractivity contribution is 7.85. The second-order valence-corrected chi connectivity index (χ2v) is 4.98. The van der Waals surface area contributed by atoms with Crippen molar-refractivity contribution in [3.8, 4) is 0 Å². The lowest BCUT2D eigenvalue weighted by atomic mass is 10.3. The highest BCUT2D eigenvalue weighted by Crippen LogP contribution is 2.04. The Kier molecular flexibility index (Phi) is 4.87. The van der Waals surface area contributed by atoms with Gasteiger partial charge in [-0.1, -0.05) is 0 Å². The predicted octanol–water partition coefficient (Wildman–Crippen LogP) is -0.976. The molecule has 0 aromatic carbocycles. The number of hydrogen-bond acceptors (Lipinski definition) is 4. The number of ether oxygens (including phenoxy) is 1. The highest BCUT2D eigenvalue weighted by atomic mass is 32.2. The van der Waals surface area contributed by atoms with Gasteiger partial charge in [-0.15, -0.1) is 0 Å². The summed E-state index contributed by atoms with van der Waals surface area (Å²) in [6.07, 6.45) is 0.131. The van der Waals surface area contributed by atoms with Crippen LogP contribution in [-0.2, 0) is 15.5 Å². The van der Waals surface area contributed by atoms with E-state index in [1.165, 1.54) is 0 Å². The summed E-state index contributed by atoms with van der Waals surface area (Å²) in [5.74, 6) is 1.21. The smallest absolute Gasteiger partial charge is 0.0817 e. The Labute approximate surface area is 81.9 Å². The van der Waals surface area contributed by atoms with Crippen LogP contribution in [0.15, 0.2) is 0 Å². The number of rotatable bonds is 4. The van der Waals surface area contributed by atoms with Gasteiger partial charge in [0.15, 0.2) is 0 Å². The maximum absolute atomic E-state index is 11.4. The molecule has 0 saturated carbocycles. The molecular formula is C8H18N2O2S. The fourth-order valence-electron chi connectivity index (χ4n) is 1.39. The molecule has 0 bridgehead atoms. The van der Waals surface area contributed by atoms with Gasteiger partial charge in [-0.2, -0.15) is 0 Å². The second kappa shape index (κ2) is 5.70. The molecule has 4 nitrogen and oxygen atoms in total. The number of nitrogens with two attached hydrogens (primary N) is 1.